The lowest BCUT2D eigenvalue weighted by atomic mass is 10.1. The maximum atomic E-state index is 12.9. The average molecular weight is 492 g/mol. The van der Waals surface area contributed by atoms with Crippen molar-refractivity contribution in [3.8, 4) is 11.5 Å². The van der Waals surface area contributed by atoms with Gasteiger partial charge in [-0.2, -0.15) is 0 Å². The second-order valence-electron chi connectivity index (χ2n) is 8.11. The molecule has 0 N–H and O–H groups in total. The standard InChI is InChI=1S/C27H25NO6S/c1-17(2)34-24(29)15-28-26(30)23(35-27(28)31)14-19-10-7-13-22(32-3)25(19)33-16-20-11-6-9-18-8-4-5-12-21(18)20/h4-14,17H,15-16H2,1-3H3/b23-14-. The third-order valence-electron chi connectivity index (χ3n) is 5.30. The largest absolute Gasteiger partial charge is 0.493 e. The van der Waals surface area contributed by atoms with Crippen LogP contribution in [0.15, 0.2) is 65.6 Å². The van der Waals surface area contributed by atoms with Gasteiger partial charge in [-0.05, 0) is 54.1 Å². The molecule has 0 spiro atoms. The first-order chi connectivity index (χ1) is 16.9. The SMILES string of the molecule is COc1cccc(/C=C2\SC(=O)N(CC(=O)OC(C)C)C2=O)c1OCc1cccc2ccccc12. The van der Waals surface area contributed by atoms with Crippen molar-refractivity contribution in [3.63, 3.8) is 0 Å². The Labute approximate surface area is 207 Å². The smallest absolute Gasteiger partial charge is 0.326 e. The van der Waals surface area contributed by atoms with Crippen LogP contribution in [0.4, 0.5) is 4.79 Å². The van der Waals surface area contributed by atoms with Gasteiger partial charge in [0.25, 0.3) is 11.1 Å². The number of esters is 1. The van der Waals surface area contributed by atoms with Gasteiger partial charge in [0.2, 0.25) is 0 Å². The molecule has 0 unspecified atom stereocenters. The van der Waals surface area contributed by atoms with Crippen LogP contribution in [0, 0.1) is 0 Å². The molecule has 3 aromatic rings. The van der Waals surface area contributed by atoms with Gasteiger partial charge in [-0.1, -0.05) is 54.6 Å². The van der Waals surface area contributed by atoms with Crippen molar-refractivity contribution < 1.29 is 28.6 Å². The third kappa shape index (κ3) is 5.49. The molecule has 2 amide bonds. The summed E-state index contributed by atoms with van der Waals surface area (Å²) in [6, 6.07) is 19.4. The van der Waals surface area contributed by atoms with Crippen LogP contribution < -0.4 is 9.47 Å². The summed E-state index contributed by atoms with van der Waals surface area (Å²) in [7, 11) is 1.54. The predicted molar refractivity (Wildman–Crippen MR) is 135 cm³/mol. The van der Waals surface area contributed by atoms with Gasteiger partial charge in [-0.25, -0.2) is 0 Å². The number of hydrogen-bond donors (Lipinski definition) is 0. The molecular weight excluding hydrogens is 466 g/mol. The lowest BCUT2D eigenvalue weighted by Crippen LogP contribution is -2.35. The number of nitrogens with zero attached hydrogens (tertiary/aromatic N) is 1. The minimum absolute atomic E-state index is 0.190. The second kappa shape index (κ2) is 10.7. The summed E-state index contributed by atoms with van der Waals surface area (Å²) in [4.78, 5) is 38.3. The molecule has 0 aliphatic carbocycles. The van der Waals surface area contributed by atoms with E-state index in [1.807, 2.05) is 42.5 Å². The quantitative estimate of drug-likeness (QED) is 0.308. The zero-order chi connectivity index (χ0) is 24.9. The Morgan fingerprint density at radius 3 is 2.54 bits per heavy atom. The number of para-hydroxylation sites is 1. The van der Waals surface area contributed by atoms with Crippen molar-refractivity contribution in [2.75, 3.05) is 13.7 Å². The summed E-state index contributed by atoms with van der Waals surface area (Å²) >= 11 is 0.770. The highest BCUT2D eigenvalue weighted by atomic mass is 32.2. The van der Waals surface area contributed by atoms with Crippen LogP contribution in [0.25, 0.3) is 16.8 Å². The van der Waals surface area contributed by atoms with Gasteiger partial charge in [-0.3, -0.25) is 19.3 Å². The fourth-order valence-electron chi connectivity index (χ4n) is 3.74. The van der Waals surface area contributed by atoms with Gasteiger partial charge in [0.15, 0.2) is 11.5 Å². The summed E-state index contributed by atoms with van der Waals surface area (Å²) in [5.41, 5.74) is 1.59. The van der Waals surface area contributed by atoms with E-state index < -0.39 is 23.7 Å². The van der Waals surface area contributed by atoms with Gasteiger partial charge in [0, 0.05) is 5.56 Å². The van der Waals surface area contributed by atoms with E-state index in [0.717, 1.165) is 33.0 Å². The highest BCUT2D eigenvalue weighted by Gasteiger charge is 2.37. The first-order valence-electron chi connectivity index (χ1n) is 11.1. The van der Waals surface area contributed by atoms with Crippen LogP contribution in [0.1, 0.15) is 25.0 Å². The fraction of sp³-hybridized carbons (Fsp3) is 0.222. The van der Waals surface area contributed by atoms with E-state index in [1.54, 1.807) is 38.1 Å². The topological polar surface area (TPSA) is 82.1 Å². The van der Waals surface area contributed by atoms with E-state index in [4.69, 9.17) is 14.2 Å². The monoisotopic (exact) mass is 491 g/mol. The molecule has 1 aliphatic rings. The van der Waals surface area contributed by atoms with E-state index in [2.05, 4.69) is 0 Å². The summed E-state index contributed by atoms with van der Waals surface area (Å²) in [5.74, 6) is -0.236. The molecule has 1 aliphatic heterocycles. The van der Waals surface area contributed by atoms with Crippen molar-refractivity contribution in [1.82, 2.24) is 4.90 Å². The molecule has 7 nitrogen and oxygen atoms in total. The fourth-order valence-corrected chi connectivity index (χ4v) is 4.57. The van der Waals surface area contributed by atoms with E-state index >= 15 is 0 Å². The van der Waals surface area contributed by atoms with Crippen LogP contribution in [0.3, 0.4) is 0 Å². The summed E-state index contributed by atoms with van der Waals surface area (Å²) in [6.45, 7) is 3.26. The lowest BCUT2D eigenvalue weighted by molar-refractivity contribution is -0.149. The molecule has 4 rings (SSSR count). The normalized spacial score (nSPS) is 14.7. The first kappa shape index (κ1) is 24.3. The lowest BCUT2D eigenvalue weighted by Gasteiger charge is -2.15. The van der Waals surface area contributed by atoms with Crippen LogP contribution in [-0.2, 0) is 20.9 Å². The van der Waals surface area contributed by atoms with E-state index in [-0.39, 0.29) is 17.6 Å². The number of thioether (sulfide) groups is 1. The molecule has 3 aromatic carbocycles. The minimum atomic E-state index is -0.635. The van der Waals surface area contributed by atoms with Gasteiger partial charge >= 0.3 is 5.97 Å². The summed E-state index contributed by atoms with van der Waals surface area (Å²) in [6.07, 6.45) is 1.25. The molecule has 8 heteroatoms. The summed E-state index contributed by atoms with van der Waals surface area (Å²) < 4.78 is 16.8. The van der Waals surface area contributed by atoms with E-state index in [1.165, 1.54) is 7.11 Å². The molecular formula is C27H25NO6S. The molecule has 0 radical (unpaired) electrons. The van der Waals surface area contributed by atoms with Crippen molar-refractivity contribution in [2.45, 2.75) is 26.6 Å². The number of imide groups is 1. The zero-order valence-corrected chi connectivity index (χ0v) is 20.5. The zero-order valence-electron chi connectivity index (χ0n) is 19.6. The van der Waals surface area contributed by atoms with Gasteiger partial charge < -0.3 is 14.2 Å². The number of methoxy groups -OCH3 is 1. The van der Waals surface area contributed by atoms with Crippen LogP contribution in [-0.4, -0.2) is 41.8 Å². The number of hydrogen-bond acceptors (Lipinski definition) is 7. The minimum Gasteiger partial charge on any atom is -0.493 e. The Bertz CT molecular complexity index is 1310. The maximum absolute atomic E-state index is 12.9. The van der Waals surface area contributed by atoms with Gasteiger partial charge in [0.1, 0.15) is 13.2 Å². The van der Waals surface area contributed by atoms with Crippen LogP contribution in [0.2, 0.25) is 0 Å². The molecule has 0 aromatic heterocycles. The Kier molecular flexibility index (Phi) is 7.41. The molecule has 1 saturated heterocycles. The van der Waals surface area contributed by atoms with Gasteiger partial charge in [0.05, 0.1) is 18.1 Å². The Morgan fingerprint density at radius 2 is 1.77 bits per heavy atom. The maximum Gasteiger partial charge on any atom is 0.326 e. The van der Waals surface area contributed by atoms with Crippen molar-refractivity contribution >= 4 is 45.7 Å². The van der Waals surface area contributed by atoms with Crippen molar-refractivity contribution in [3.05, 3.63) is 76.7 Å². The number of carbonyl (C=O) groups excluding carboxylic acids is 3. The molecule has 0 saturated carbocycles. The molecule has 0 bridgehead atoms. The Morgan fingerprint density at radius 1 is 1.03 bits per heavy atom. The molecule has 1 fully saturated rings. The van der Waals surface area contributed by atoms with Crippen LogP contribution in [0.5, 0.6) is 11.5 Å². The number of amides is 2. The average Bonchev–Trinajstić information content (AvgIpc) is 3.09. The molecule has 1 heterocycles. The van der Waals surface area contributed by atoms with E-state index in [9.17, 15) is 14.4 Å². The van der Waals surface area contributed by atoms with Crippen LogP contribution >= 0.6 is 11.8 Å². The second-order valence-corrected chi connectivity index (χ2v) is 9.11. The highest BCUT2D eigenvalue weighted by Crippen LogP contribution is 2.38. The van der Waals surface area contributed by atoms with E-state index in [0.29, 0.717) is 17.1 Å². The summed E-state index contributed by atoms with van der Waals surface area (Å²) in [5, 5.41) is 1.67. The first-order valence-corrected chi connectivity index (χ1v) is 11.9. The van der Waals surface area contributed by atoms with Crippen molar-refractivity contribution in [1.29, 1.82) is 0 Å². The Balaban J connectivity index is 1.59. The van der Waals surface area contributed by atoms with Gasteiger partial charge in [-0.15, -0.1) is 0 Å². The number of rotatable bonds is 8. The number of carbonyl (C=O) groups is 3. The number of fused-ring (bicyclic) bond motifs is 1. The molecule has 180 valence electrons. The molecule has 35 heavy (non-hydrogen) atoms. The predicted octanol–water partition coefficient (Wildman–Crippen LogP) is 5.42. The third-order valence-corrected chi connectivity index (χ3v) is 6.20. The molecule has 0 atom stereocenters. The number of benzene rings is 3. The van der Waals surface area contributed by atoms with Crippen molar-refractivity contribution in [2.24, 2.45) is 0 Å². The highest BCUT2D eigenvalue weighted by molar-refractivity contribution is 8.18. The number of ether oxygens (including phenoxy) is 3. The Hall–Kier alpha value is -3.78.